The number of hydrogen-bond acceptors (Lipinski definition) is 12. The first kappa shape index (κ1) is 40.3. The molecule has 16 nitrogen and oxygen atoms in total. The Balaban J connectivity index is 1.28. The van der Waals surface area contributed by atoms with E-state index in [-0.39, 0.29) is 31.9 Å². The summed E-state index contributed by atoms with van der Waals surface area (Å²) in [6.45, 7) is 11.8. The van der Waals surface area contributed by atoms with E-state index < -0.39 is 80.3 Å². The number of methoxy groups -OCH3 is 1. The second-order valence-corrected chi connectivity index (χ2v) is 18.5. The van der Waals surface area contributed by atoms with Crippen LogP contribution < -0.4 is 29.6 Å². The third-order valence-corrected chi connectivity index (χ3v) is 13.1. The fraction of sp³-hybridized carbons (Fsp3) is 0.575. The number of allylic oxidation sites excluding steroid dienone is 1. The van der Waals surface area contributed by atoms with E-state index in [4.69, 9.17) is 23.7 Å². The highest BCUT2D eigenvalue weighted by Gasteiger charge is 2.62. The Hall–Kier alpha value is -4.90. The molecule has 4 heterocycles. The Morgan fingerprint density at radius 2 is 1.93 bits per heavy atom. The highest BCUT2D eigenvalue weighted by atomic mass is 32.2. The van der Waals surface area contributed by atoms with Crippen LogP contribution in [0.1, 0.15) is 65.4 Å². The molecule has 0 unspecified atom stereocenters. The lowest BCUT2D eigenvalue weighted by Gasteiger charge is -2.35. The summed E-state index contributed by atoms with van der Waals surface area (Å²) in [7, 11) is -2.36. The zero-order chi connectivity index (χ0) is 40.9. The summed E-state index contributed by atoms with van der Waals surface area (Å²) < 4.78 is 57.5. The van der Waals surface area contributed by atoms with Gasteiger partial charge in [0, 0.05) is 41.3 Å². The van der Waals surface area contributed by atoms with Crippen LogP contribution in [0.2, 0.25) is 0 Å². The van der Waals surface area contributed by atoms with Gasteiger partial charge in [0.25, 0.3) is 5.91 Å². The molecule has 3 aliphatic heterocycles. The van der Waals surface area contributed by atoms with Gasteiger partial charge < -0.3 is 39.2 Å². The van der Waals surface area contributed by atoms with Gasteiger partial charge in [0.15, 0.2) is 0 Å². The van der Waals surface area contributed by atoms with Crippen molar-refractivity contribution in [3.05, 3.63) is 42.5 Å². The van der Waals surface area contributed by atoms with Crippen LogP contribution in [-0.4, -0.2) is 111 Å². The fourth-order valence-electron chi connectivity index (χ4n) is 7.82. The van der Waals surface area contributed by atoms with Crippen LogP contribution in [-0.2, 0) is 33.9 Å². The molecule has 7 atom stereocenters. The number of nitrogens with zero attached hydrogens (tertiary/aromatic N) is 2. The average molecular weight is 810 g/mol. The molecule has 0 radical (unpaired) electrons. The molecule has 3 N–H and O–H groups in total. The number of pyridine rings is 1. The lowest BCUT2D eigenvalue weighted by Crippen LogP contribution is -2.60. The first-order valence-corrected chi connectivity index (χ1v) is 21.0. The molecular weight excluding hydrogens is 759 g/mol. The second-order valence-electron chi connectivity index (χ2n) is 16.5. The minimum atomic E-state index is -3.92. The van der Waals surface area contributed by atoms with E-state index in [1.807, 2.05) is 25.1 Å². The van der Waals surface area contributed by atoms with Crippen LogP contribution in [0.15, 0.2) is 36.9 Å². The number of nitrogens with one attached hydrogen (secondary N) is 3. The Morgan fingerprint density at radius 3 is 2.60 bits per heavy atom. The second kappa shape index (κ2) is 15.5. The van der Waals surface area contributed by atoms with Crippen molar-refractivity contribution in [3.8, 4) is 17.4 Å². The normalized spacial score (nSPS) is 29.5. The first-order valence-electron chi connectivity index (χ1n) is 19.4. The minimum absolute atomic E-state index is 0.00645. The van der Waals surface area contributed by atoms with Crippen molar-refractivity contribution < 1.29 is 51.3 Å². The van der Waals surface area contributed by atoms with E-state index in [0.29, 0.717) is 60.8 Å². The van der Waals surface area contributed by atoms with Crippen molar-refractivity contribution in [2.45, 2.75) is 94.9 Å². The monoisotopic (exact) mass is 809 g/mol. The van der Waals surface area contributed by atoms with Gasteiger partial charge in [-0.3, -0.25) is 19.1 Å². The number of rotatable bonds is 9. The SMILES string of the molecule is C=C[C@@H]1C[C@]1(NC(=O)[C@@H]1C[C@@H]2CN1C(=O)[C@H](C(C)(C)C)NC(=O)O[C@@H]1COC[C@H]1C/C=C/c1cc3c(cc(OCC)nc3cc1OC)O2)C(=O)NS(=O)(=O)C1CC1. The highest BCUT2D eigenvalue weighted by Crippen LogP contribution is 2.46. The van der Waals surface area contributed by atoms with Gasteiger partial charge in [-0.2, -0.15) is 0 Å². The molecule has 2 aromatic rings. The van der Waals surface area contributed by atoms with Crippen LogP contribution in [0.4, 0.5) is 4.79 Å². The molecular formula is C40H51N5O11S. The van der Waals surface area contributed by atoms with Gasteiger partial charge in [0.2, 0.25) is 27.7 Å². The predicted octanol–water partition coefficient (Wildman–Crippen LogP) is 3.23. The van der Waals surface area contributed by atoms with E-state index >= 15 is 0 Å². The van der Waals surface area contributed by atoms with E-state index in [1.54, 1.807) is 40.0 Å². The van der Waals surface area contributed by atoms with Crippen LogP contribution in [0, 0.1) is 17.3 Å². The number of fused-ring (bicyclic) bond motifs is 4. The number of aromatic nitrogens is 1. The number of benzene rings is 1. The van der Waals surface area contributed by atoms with Crippen LogP contribution >= 0.6 is 0 Å². The molecule has 1 aromatic heterocycles. The number of carbonyl (C=O) groups is 4. The van der Waals surface area contributed by atoms with Crippen molar-refractivity contribution in [1.82, 2.24) is 25.2 Å². The largest absolute Gasteiger partial charge is 0.496 e. The van der Waals surface area contributed by atoms with Crippen LogP contribution in [0.5, 0.6) is 17.4 Å². The van der Waals surface area contributed by atoms with Crippen molar-refractivity contribution in [2.24, 2.45) is 17.3 Å². The Bertz CT molecular complexity index is 2100. The van der Waals surface area contributed by atoms with E-state index in [0.717, 1.165) is 5.56 Å². The summed E-state index contributed by atoms with van der Waals surface area (Å²) in [5.41, 5.74) is -1.16. The summed E-state index contributed by atoms with van der Waals surface area (Å²) in [6.07, 6.45) is 4.77. The molecule has 1 aromatic carbocycles. The summed E-state index contributed by atoms with van der Waals surface area (Å²) in [6, 6.07) is 3.00. The first-order chi connectivity index (χ1) is 27.1. The Kier molecular flexibility index (Phi) is 10.9. The molecule has 2 saturated heterocycles. The molecule has 4 amide bonds. The Morgan fingerprint density at radius 1 is 1.16 bits per heavy atom. The standard InChI is InChI=1S/C40H51N5O11S/c1-7-24-18-40(24,37(48)44-57(50,51)26-12-13-26)43-35(46)29-15-25-19-45(29)36(47)34(39(3,4)5)42-38(49)56-32-21-53-20-23(32)11-9-10-22-14-27-28(16-30(22)52-6)41-33(54-8-2)17-31(27)55-25/h7,9-10,14,16-17,23-26,29,32,34H,1,8,11-13,15,18-21H2,2-6H3,(H,42,49)(H,43,46)(H,44,48)/b10-9+/t23-,24-,25-,29+,32-,34-,40-/m1/s1. The average Bonchev–Trinajstić information content (AvgIpc) is 4.05. The zero-order valence-corrected chi connectivity index (χ0v) is 33.7. The number of amides is 4. The maximum atomic E-state index is 14.7. The molecule has 17 heteroatoms. The van der Waals surface area contributed by atoms with Crippen molar-refractivity contribution in [2.75, 3.05) is 33.5 Å². The van der Waals surface area contributed by atoms with Gasteiger partial charge in [0.05, 0.1) is 44.2 Å². The van der Waals surface area contributed by atoms with Crippen LogP contribution in [0.25, 0.3) is 17.0 Å². The third kappa shape index (κ3) is 8.26. The van der Waals surface area contributed by atoms with Gasteiger partial charge in [-0.25, -0.2) is 18.2 Å². The van der Waals surface area contributed by atoms with E-state index in [2.05, 4.69) is 26.9 Å². The number of sulfonamides is 1. The number of alkyl carbamates (subject to hydrolysis) is 1. The van der Waals surface area contributed by atoms with Crippen molar-refractivity contribution in [3.63, 3.8) is 0 Å². The maximum Gasteiger partial charge on any atom is 0.408 e. The lowest BCUT2D eigenvalue weighted by molar-refractivity contribution is -0.143. The van der Waals surface area contributed by atoms with Gasteiger partial charge >= 0.3 is 6.09 Å². The molecule has 7 rings (SSSR count). The smallest absolute Gasteiger partial charge is 0.408 e. The van der Waals surface area contributed by atoms with Crippen molar-refractivity contribution in [1.29, 1.82) is 0 Å². The molecule has 4 fully saturated rings. The number of hydrogen-bond donors (Lipinski definition) is 3. The minimum Gasteiger partial charge on any atom is -0.496 e. The highest BCUT2D eigenvalue weighted by molar-refractivity contribution is 7.91. The number of carbonyl (C=O) groups excluding carboxylic acids is 4. The topological polar surface area (TPSA) is 201 Å². The fourth-order valence-corrected chi connectivity index (χ4v) is 9.18. The molecule has 5 aliphatic rings. The van der Waals surface area contributed by atoms with Gasteiger partial charge in [-0.15, -0.1) is 6.58 Å². The van der Waals surface area contributed by atoms with E-state index in [1.165, 1.54) is 11.0 Å². The molecule has 0 spiro atoms. The van der Waals surface area contributed by atoms with Gasteiger partial charge in [-0.1, -0.05) is 39.0 Å². The summed E-state index contributed by atoms with van der Waals surface area (Å²) in [5.74, 6) is -1.56. The van der Waals surface area contributed by atoms with Crippen LogP contribution in [0.3, 0.4) is 0 Å². The molecule has 2 saturated carbocycles. The molecule has 2 aliphatic carbocycles. The van der Waals surface area contributed by atoms with Gasteiger partial charge in [0.1, 0.15) is 41.3 Å². The molecule has 57 heavy (non-hydrogen) atoms. The Labute approximate surface area is 332 Å². The quantitative estimate of drug-likeness (QED) is 0.313. The molecule has 308 valence electrons. The van der Waals surface area contributed by atoms with E-state index in [9.17, 15) is 27.6 Å². The third-order valence-electron chi connectivity index (χ3n) is 11.3. The zero-order valence-electron chi connectivity index (χ0n) is 32.9. The summed E-state index contributed by atoms with van der Waals surface area (Å²) >= 11 is 0. The summed E-state index contributed by atoms with van der Waals surface area (Å²) in [4.78, 5) is 62.4. The van der Waals surface area contributed by atoms with Crippen molar-refractivity contribution >= 4 is 50.8 Å². The van der Waals surface area contributed by atoms with Gasteiger partial charge in [-0.05, 0) is 44.1 Å². The lowest BCUT2D eigenvalue weighted by atomic mass is 9.85. The number of ether oxygens (including phenoxy) is 5. The maximum absolute atomic E-state index is 14.7. The predicted molar refractivity (Wildman–Crippen MR) is 208 cm³/mol. The molecule has 4 bridgehead atoms. The summed E-state index contributed by atoms with van der Waals surface area (Å²) in [5, 5.41) is 5.56.